The first-order valence-corrected chi connectivity index (χ1v) is 6.01. The molecule has 4 nitrogen and oxygen atoms in total. The van der Waals surface area contributed by atoms with E-state index in [1.807, 2.05) is 34.6 Å². The maximum absolute atomic E-state index is 12.3. The number of imide groups is 1. The average molecular weight is 236 g/mol. The molecule has 1 aliphatic rings. The van der Waals surface area contributed by atoms with Gasteiger partial charge in [0.2, 0.25) is 11.8 Å². The second-order valence-corrected chi connectivity index (χ2v) is 5.64. The summed E-state index contributed by atoms with van der Waals surface area (Å²) in [5.41, 5.74) is -0.652. The Morgan fingerprint density at radius 2 is 1.82 bits per heavy atom. The third-order valence-corrected chi connectivity index (χ3v) is 3.81. The van der Waals surface area contributed by atoms with Gasteiger partial charge in [-0.1, -0.05) is 27.7 Å². The first kappa shape index (κ1) is 13.7. The molecule has 0 aromatic heterocycles. The maximum atomic E-state index is 12.3. The number of likely N-dealkylation sites (tertiary alicyclic amines) is 1. The van der Waals surface area contributed by atoms with Crippen molar-refractivity contribution in [1.29, 1.82) is 5.26 Å². The number of hydrogen-bond donors (Lipinski definition) is 0. The van der Waals surface area contributed by atoms with Gasteiger partial charge in [-0.05, 0) is 18.8 Å². The Morgan fingerprint density at radius 1 is 1.29 bits per heavy atom. The summed E-state index contributed by atoms with van der Waals surface area (Å²) < 4.78 is 0. The molecule has 94 valence electrons. The van der Waals surface area contributed by atoms with Gasteiger partial charge in [-0.25, -0.2) is 0 Å². The van der Waals surface area contributed by atoms with Gasteiger partial charge in [0.25, 0.3) is 0 Å². The second-order valence-electron chi connectivity index (χ2n) is 5.64. The topological polar surface area (TPSA) is 61.2 Å². The van der Waals surface area contributed by atoms with Gasteiger partial charge in [-0.3, -0.25) is 14.5 Å². The van der Waals surface area contributed by atoms with Crippen molar-refractivity contribution in [3.8, 4) is 6.07 Å². The molecule has 1 rings (SSSR count). The number of hydrogen-bond acceptors (Lipinski definition) is 3. The minimum Gasteiger partial charge on any atom is -0.274 e. The van der Waals surface area contributed by atoms with Crippen molar-refractivity contribution in [2.24, 2.45) is 17.3 Å². The molecule has 4 heteroatoms. The van der Waals surface area contributed by atoms with E-state index in [9.17, 15) is 9.59 Å². The number of carbonyl (C=O) groups excluding carboxylic acids is 2. The molecule has 0 N–H and O–H groups in total. The van der Waals surface area contributed by atoms with Crippen molar-refractivity contribution in [2.45, 2.75) is 47.1 Å². The van der Waals surface area contributed by atoms with Crippen molar-refractivity contribution in [3.05, 3.63) is 0 Å². The number of nitriles is 1. The van der Waals surface area contributed by atoms with Crippen LogP contribution in [0.15, 0.2) is 0 Å². The molecule has 0 radical (unpaired) electrons. The van der Waals surface area contributed by atoms with Gasteiger partial charge in [-0.15, -0.1) is 0 Å². The van der Waals surface area contributed by atoms with Gasteiger partial charge in [0.05, 0.1) is 11.5 Å². The quantitative estimate of drug-likeness (QED) is 0.704. The lowest BCUT2D eigenvalue weighted by Crippen LogP contribution is -2.45. The Bertz CT molecular complexity index is 381. The molecule has 1 fully saturated rings. The predicted molar refractivity (Wildman–Crippen MR) is 63.7 cm³/mol. The van der Waals surface area contributed by atoms with E-state index in [1.165, 1.54) is 4.90 Å². The highest BCUT2D eigenvalue weighted by atomic mass is 16.2. The van der Waals surface area contributed by atoms with Crippen LogP contribution in [-0.2, 0) is 9.59 Å². The summed E-state index contributed by atoms with van der Waals surface area (Å²) >= 11 is 0. The van der Waals surface area contributed by atoms with E-state index in [0.29, 0.717) is 0 Å². The summed E-state index contributed by atoms with van der Waals surface area (Å²) in [6.45, 7) is 9.38. The zero-order valence-electron chi connectivity index (χ0n) is 11.2. The largest absolute Gasteiger partial charge is 0.274 e. The molecule has 1 aliphatic heterocycles. The molecule has 2 atom stereocenters. The molecule has 0 spiro atoms. The van der Waals surface area contributed by atoms with Gasteiger partial charge in [-0.2, -0.15) is 5.26 Å². The standard InChI is InChI=1S/C13H20N2O2/c1-8(2)10(7-14)15-11(16)6-13(5,9(3)4)12(15)17/h8-10H,6H2,1-5H3. The molecule has 0 aromatic carbocycles. The fraction of sp³-hybridized carbons (Fsp3) is 0.769. The summed E-state index contributed by atoms with van der Waals surface area (Å²) in [4.78, 5) is 25.5. The fourth-order valence-corrected chi connectivity index (χ4v) is 2.10. The summed E-state index contributed by atoms with van der Waals surface area (Å²) in [7, 11) is 0. The van der Waals surface area contributed by atoms with E-state index in [4.69, 9.17) is 5.26 Å². The van der Waals surface area contributed by atoms with Gasteiger partial charge in [0.1, 0.15) is 6.04 Å². The normalized spacial score (nSPS) is 26.8. The van der Waals surface area contributed by atoms with Crippen LogP contribution in [0.5, 0.6) is 0 Å². The minimum atomic E-state index is -0.652. The van der Waals surface area contributed by atoms with E-state index in [1.54, 1.807) is 0 Å². The smallest absolute Gasteiger partial charge is 0.237 e. The first-order valence-electron chi connectivity index (χ1n) is 6.01. The Labute approximate surface area is 103 Å². The SMILES string of the molecule is CC(C)C(C#N)N1C(=O)CC(C)(C(C)C)C1=O. The third-order valence-electron chi connectivity index (χ3n) is 3.81. The lowest BCUT2D eigenvalue weighted by Gasteiger charge is -2.28. The first-order chi connectivity index (χ1) is 7.75. The Balaban J connectivity index is 3.10. The number of amides is 2. The van der Waals surface area contributed by atoms with Crippen molar-refractivity contribution in [1.82, 2.24) is 4.90 Å². The fourth-order valence-electron chi connectivity index (χ4n) is 2.10. The molecule has 2 unspecified atom stereocenters. The third kappa shape index (κ3) is 2.06. The summed E-state index contributed by atoms with van der Waals surface area (Å²) in [6, 6.07) is 1.42. The number of carbonyl (C=O) groups is 2. The zero-order valence-corrected chi connectivity index (χ0v) is 11.2. The molecule has 0 aromatic rings. The van der Waals surface area contributed by atoms with Crippen LogP contribution < -0.4 is 0 Å². The number of nitrogens with zero attached hydrogens (tertiary/aromatic N) is 2. The highest BCUT2D eigenvalue weighted by molar-refractivity contribution is 6.06. The second kappa shape index (κ2) is 4.48. The van der Waals surface area contributed by atoms with Crippen molar-refractivity contribution < 1.29 is 9.59 Å². The van der Waals surface area contributed by atoms with Crippen LogP contribution in [0.2, 0.25) is 0 Å². The Kier molecular flexibility index (Phi) is 3.61. The molecule has 0 bridgehead atoms. The van der Waals surface area contributed by atoms with E-state index < -0.39 is 11.5 Å². The average Bonchev–Trinajstić information content (AvgIpc) is 2.43. The lowest BCUT2D eigenvalue weighted by molar-refractivity contribution is -0.144. The maximum Gasteiger partial charge on any atom is 0.237 e. The summed E-state index contributed by atoms with van der Waals surface area (Å²) in [5.74, 6) is -0.359. The zero-order chi connectivity index (χ0) is 13.4. The van der Waals surface area contributed by atoms with Crippen molar-refractivity contribution in [2.75, 3.05) is 0 Å². The van der Waals surface area contributed by atoms with Gasteiger partial charge >= 0.3 is 0 Å². The van der Waals surface area contributed by atoms with Crippen LogP contribution in [0.25, 0.3) is 0 Å². The number of rotatable bonds is 3. The van der Waals surface area contributed by atoms with Crippen molar-refractivity contribution in [3.63, 3.8) is 0 Å². The highest BCUT2D eigenvalue weighted by Gasteiger charge is 2.52. The molecule has 2 amide bonds. The van der Waals surface area contributed by atoms with E-state index in [-0.39, 0.29) is 30.1 Å². The predicted octanol–water partition coefficient (Wildman–Crippen LogP) is 1.96. The molecule has 0 saturated carbocycles. The Morgan fingerprint density at radius 3 is 2.12 bits per heavy atom. The molecule has 17 heavy (non-hydrogen) atoms. The van der Waals surface area contributed by atoms with Gasteiger partial charge < -0.3 is 0 Å². The summed E-state index contributed by atoms with van der Waals surface area (Å²) in [6.07, 6.45) is 0.217. The monoisotopic (exact) mass is 236 g/mol. The van der Waals surface area contributed by atoms with Crippen LogP contribution >= 0.6 is 0 Å². The van der Waals surface area contributed by atoms with E-state index in [0.717, 1.165) is 0 Å². The molecule has 1 heterocycles. The molecule has 0 aliphatic carbocycles. The minimum absolute atomic E-state index is 0.0394. The van der Waals surface area contributed by atoms with Crippen LogP contribution in [0.4, 0.5) is 0 Å². The van der Waals surface area contributed by atoms with Crippen molar-refractivity contribution >= 4 is 11.8 Å². The summed E-state index contributed by atoms with van der Waals surface area (Å²) in [5, 5.41) is 9.11. The van der Waals surface area contributed by atoms with E-state index in [2.05, 4.69) is 6.07 Å². The van der Waals surface area contributed by atoms with Gasteiger partial charge in [0, 0.05) is 6.42 Å². The van der Waals surface area contributed by atoms with Crippen LogP contribution in [0.1, 0.15) is 41.0 Å². The Hall–Kier alpha value is -1.37. The van der Waals surface area contributed by atoms with Gasteiger partial charge in [0.15, 0.2) is 0 Å². The van der Waals surface area contributed by atoms with E-state index >= 15 is 0 Å². The van der Waals surface area contributed by atoms with Crippen LogP contribution in [0.3, 0.4) is 0 Å². The lowest BCUT2D eigenvalue weighted by atomic mass is 9.78. The molecular weight excluding hydrogens is 216 g/mol. The van der Waals surface area contributed by atoms with Crippen LogP contribution in [0, 0.1) is 28.6 Å². The molecular formula is C13H20N2O2. The highest BCUT2D eigenvalue weighted by Crippen LogP contribution is 2.40. The molecule has 1 saturated heterocycles. The van der Waals surface area contributed by atoms with Crippen LogP contribution in [-0.4, -0.2) is 22.8 Å².